The van der Waals surface area contributed by atoms with Crippen molar-refractivity contribution in [2.24, 2.45) is 0 Å². The number of nitrogen functional groups attached to an aromatic ring is 1. The third-order valence-corrected chi connectivity index (χ3v) is 5.70. The second kappa shape index (κ2) is 8.33. The minimum Gasteiger partial charge on any atom is -0.485 e. The SMILES string of the molecule is Nc1ncc(OCc2cccnc2)c(-c2c[nH]c3ccc(C#CC4(O)CCCC4)cc23)n1. The Hall–Kier alpha value is -3.89. The second-order valence-corrected chi connectivity index (χ2v) is 8.04. The number of hydrogen-bond acceptors (Lipinski definition) is 6. The van der Waals surface area contributed by atoms with Crippen molar-refractivity contribution in [3.05, 3.63) is 66.2 Å². The number of H-pyrrole nitrogens is 1. The van der Waals surface area contributed by atoms with E-state index >= 15 is 0 Å². The van der Waals surface area contributed by atoms with Crippen molar-refractivity contribution in [3.8, 4) is 28.8 Å². The van der Waals surface area contributed by atoms with E-state index in [1.165, 1.54) is 0 Å². The fraction of sp³-hybridized carbons (Fsp3) is 0.240. The highest BCUT2D eigenvalue weighted by Crippen LogP contribution is 2.35. The first kappa shape index (κ1) is 20.0. The van der Waals surface area contributed by atoms with Gasteiger partial charge in [0.15, 0.2) is 5.75 Å². The predicted octanol–water partition coefficient (Wildman–Crippen LogP) is 3.84. The van der Waals surface area contributed by atoms with E-state index in [4.69, 9.17) is 10.5 Å². The average molecular weight is 425 g/mol. The summed E-state index contributed by atoms with van der Waals surface area (Å²) in [7, 11) is 0. The highest BCUT2D eigenvalue weighted by molar-refractivity contribution is 5.96. The van der Waals surface area contributed by atoms with Gasteiger partial charge in [-0.15, -0.1) is 0 Å². The number of aromatic amines is 1. The quantitative estimate of drug-likeness (QED) is 0.429. The second-order valence-electron chi connectivity index (χ2n) is 8.04. The fourth-order valence-electron chi connectivity index (χ4n) is 4.00. The molecule has 0 aliphatic heterocycles. The molecule has 7 heteroatoms. The molecule has 1 aliphatic carbocycles. The molecule has 3 heterocycles. The number of aliphatic hydroxyl groups is 1. The lowest BCUT2D eigenvalue weighted by Crippen LogP contribution is -2.20. The molecular formula is C25H23N5O2. The van der Waals surface area contributed by atoms with Gasteiger partial charge < -0.3 is 20.6 Å². The zero-order chi connectivity index (χ0) is 22.0. The monoisotopic (exact) mass is 425 g/mol. The van der Waals surface area contributed by atoms with E-state index in [2.05, 4.69) is 31.8 Å². The van der Waals surface area contributed by atoms with Crippen molar-refractivity contribution in [2.45, 2.75) is 37.9 Å². The first-order valence-corrected chi connectivity index (χ1v) is 10.6. The van der Waals surface area contributed by atoms with E-state index in [-0.39, 0.29) is 5.95 Å². The van der Waals surface area contributed by atoms with Crippen LogP contribution in [0.4, 0.5) is 5.95 Å². The zero-order valence-electron chi connectivity index (χ0n) is 17.5. The predicted molar refractivity (Wildman–Crippen MR) is 123 cm³/mol. The molecule has 1 fully saturated rings. The van der Waals surface area contributed by atoms with Gasteiger partial charge in [0, 0.05) is 46.2 Å². The summed E-state index contributed by atoms with van der Waals surface area (Å²) in [4.78, 5) is 16.0. The zero-order valence-corrected chi connectivity index (χ0v) is 17.5. The summed E-state index contributed by atoms with van der Waals surface area (Å²) < 4.78 is 6.01. The Labute approximate surface area is 185 Å². The number of nitrogens with one attached hydrogen (secondary N) is 1. The van der Waals surface area contributed by atoms with Gasteiger partial charge >= 0.3 is 0 Å². The Morgan fingerprint density at radius 3 is 2.88 bits per heavy atom. The average Bonchev–Trinajstić information content (AvgIpc) is 3.44. The molecule has 0 spiro atoms. The summed E-state index contributed by atoms with van der Waals surface area (Å²) in [6.45, 7) is 0.339. The van der Waals surface area contributed by atoms with Gasteiger partial charge in [-0.2, -0.15) is 0 Å². The summed E-state index contributed by atoms with van der Waals surface area (Å²) in [6, 6.07) is 9.73. The lowest BCUT2D eigenvalue weighted by Gasteiger charge is -2.12. The van der Waals surface area contributed by atoms with Gasteiger partial charge in [0.2, 0.25) is 5.95 Å². The molecule has 0 atom stereocenters. The molecule has 0 amide bonds. The maximum absolute atomic E-state index is 10.5. The van der Waals surface area contributed by atoms with Crippen LogP contribution in [0.15, 0.2) is 55.1 Å². The maximum atomic E-state index is 10.5. The smallest absolute Gasteiger partial charge is 0.220 e. The number of rotatable bonds is 4. The number of anilines is 1. The summed E-state index contributed by atoms with van der Waals surface area (Å²) in [5.74, 6) is 6.92. The third-order valence-electron chi connectivity index (χ3n) is 5.70. The van der Waals surface area contributed by atoms with Crippen molar-refractivity contribution in [2.75, 3.05) is 5.73 Å². The Morgan fingerprint density at radius 2 is 2.06 bits per heavy atom. The summed E-state index contributed by atoms with van der Waals surface area (Å²) in [6.07, 6.45) is 10.4. The normalized spacial score (nSPS) is 14.8. The van der Waals surface area contributed by atoms with Crippen LogP contribution in [0.3, 0.4) is 0 Å². The molecule has 5 rings (SSSR count). The standard InChI is InChI=1S/C25H23N5O2/c26-24-29-15-22(32-16-18-4-3-11-27-13-18)23(30-24)20-14-28-21-6-5-17(12-19(20)21)7-10-25(31)8-1-2-9-25/h3-6,11-15,28,31H,1-2,8-9,16H2,(H2,26,29,30). The highest BCUT2D eigenvalue weighted by atomic mass is 16.5. The maximum Gasteiger partial charge on any atom is 0.220 e. The van der Waals surface area contributed by atoms with Crippen LogP contribution in [-0.2, 0) is 6.61 Å². The first-order chi connectivity index (χ1) is 15.6. The van der Waals surface area contributed by atoms with E-state index < -0.39 is 5.60 Å². The highest BCUT2D eigenvalue weighted by Gasteiger charge is 2.28. The molecule has 4 aromatic rings. The molecule has 0 saturated heterocycles. The molecule has 32 heavy (non-hydrogen) atoms. The number of ether oxygens (including phenoxy) is 1. The van der Waals surface area contributed by atoms with Crippen LogP contribution in [-0.4, -0.2) is 30.6 Å². The molecule has 1 saturated carbocycles. The molecule has 0 unspecified atom stereocenters. The van der Waals surface area contributed by atoms with Gasteiger partial charge in [-0.1, -0.05) is 17.9 Å². The topological polar surface area (TPSA) is 110 Å². The number of aromatic nitrogens is 4. The van der Waals surface area contributed by atoms with Crippen LogP contribution < -0.4 is 10.5 Å². The number of hydrogen-bond donors (Lipinski definition) is 3. The number of nitrogens with two attached hydrogens (primary N) is 1. The van der Waals surface area contributed by atoms with Gasteiger partial charge in [-0.3, -0.25) is 4.98 Å². The number of benzene rings is 1. The summed E-state index contributed by atoms with van der Waals surface area (Å²) in [5.41, 5.74) is 9.20. The Balaban J connectivity index is 1.50. The van der Waals surface area contributed by atoms with Gasteiger partial charge in [-0.05, 0) is 49.9 Å². The molecule has 3 aromatic heterocycles. The number of pyridine rings is 1. The van der Waals surface area contributed by atoms with Gasteiger partial charge in [0.25, 0.3) is 0 Å². The van der Waals surface area contributed by atoms with E-state index in [1.807, 2.05) is 36.5 Å². The van der Waals surface area contributed by atoms with Gasteiger partial charge in [0.1, 0.15) is 17.9 Å². The minimum atomic E-state index is -0.871. The molecular weight excluding hydrogens is 402 g/mol. The molecule has 7 nitrogen and oxygen atoms in total. The Bertz CT molecular complexity index is 1310. The Kier molecular flexibility index (Phi) is 5.21. The largest absolute Gasteiger partial charge is 0.485 e. The number of nitrogens with zero attached hydrogens (tertiary/aromatic N) is 3. The molecule has 160 valence electrons. The van der Waals surface area contributed by atoms with Crippen LogP contribution in [0.1, 0.15) is 36.8 Å². The van der Waals surface area contributed by atoms with E-state index in [0.29, 0.717) is 18.1 Å². The molecule has 1 aliphatic rings. The van der Waals surface area contributed by atoms with E-state index in [9.17, 15) is 5.11 Å². The summed E-state index contributed by atoms with van der Waals surface area (Å²) >= 11 is 0. The van der Waals surface area contributed by atoms with Crippen molar-refractivity contribution in [1.82, 2.24) is 19.9 Å². The minimum absolute atomic E-state index is 0.169. The molecule has 1 aromatic carbocycles. The van der Waals surface area contributed by atoms with Crippen LogP contribution in [0, 0.1) is 11.8 Å². The third kappa shape index (κ3) is 4.13. The van der Waals surface area contributed by atoms with Crippen molar-refractivity contribution in [1.29, 1.82) is 0 Å². The van der Waals surface area contributed by atoms with E-state index in [0.717, 1.165) is 53.3 Å². The van der Waals surface area contributed by atoms with Gasteiger partial charge in [-0.25, -0.2) is 9.97 Å². The fourth-order valence-corrected chi connectivity index (χ4v) is 4.00. The molecule has 0 bridgehead atoms. The van der Waals surface area contributed by atoms with Crippen LogP contribution >= 0.6 is 0 Å². The number of fused-ring (bicyclic) bond motifs is 1. The van der Waals surface area contributed by atoms with Gasteiger partial charge in [0.05, 0.1) is 6.20 Å². The van der Waals surface area contributed by atoms with Crippen LogP contribution in [0.25, 0.3) is 22.2 Å². The molecule has 0 radical (unpaired) electrons. The van der Waals surface area contributed by atoms with Crippen molar-refractivity contribution in [3.63, 3.8) is 0 Å². The molecule has 4 N–H and O–H groups in total. The lowest BCUT2D eigenvalue weighted by molar-refractivity contribution is 0.110. The van der Waals surface area contributed by atoms with Crippen LogP contribution in [0.5, 0.6) is 5.75 Å². The summed E-state index contributed by atoms with van der Waals surface area (Å²) in [5, 5.41) is 11.5. The Morgan fingerprint density at radius 1 is 1.19 bits per heavy atom. The van der Waals surface area contributed by atoms with Crippen molar-refractivity contribution < 1.29 is 9.84 Å². The van der Waals surface area contributed by atoms with Crippen molar-refractivity contribution >= 4 is 16.9 Å². The lowest BCUT2D eigenvalue weighted by atomic mass is 10.0. The van der Waals surface area contributed by atoms with Crippen LogP contribution in [0.2, 0.25) is 0 Å². The van der Waals surface area contributed by atoms with E-state index in [1.54, 1.807) is 18.6 Å². The first-order valence-electron chi connectivity index (χ1n) is 10.6.